The van der Waals surface area contributed by atoms with Crippen molar-refractivity contribution in [2.45, 2.75) is 13.5 Å². The van der Waals surface area contributed by atoms with Crippen LogP contribution in [-0.2, 0) is 13.6 Å². The van der Waals surface area contributed by atoms with E-state index in [-0.39, 0.29) is 12.5 Å². The Hall–Kier alpha value is -3.92. The second kappa shape index (κ2) is 8.21. The highest BCUT2D eigenvalue weighted by atomic mass is 16.5. The van der Waals surface area contributed by atoms with Gasteiger partial charge in [0.15, 0.2) is 5.69 Å². The first kappa shape index (κ1) is 21.0. The summed E-state index contributed by atoms with van der Waals surface area (Å²) in [4.78, 5) is 14.8. The van der Waals surface area contributed by atoms with Crippen molar-refractivity contribution < 1.29 is 14.6 Å². The van der Waals surface area contributed by atoms with Crippen molar-refractivity contribution >= 4 is 29.0 Å². The first-order valence-electron chi connectivity index (χ1n) is 10.7. The molecule has 0 unspecified atom stereocenters. The average Bonchev–Trinajstić information content (AvgIpc) is 3.47. The van der Waals surface area contributed by atoms with Crippen LogP contribution in [-0.4, -0.2) is 72.5 Å². The van der Waals surface area contributed by atoms with Crippen LogP contribution in [0.1, 0.15) is 27.4 Å². The number of ether oxygens (including phenoxy) is 1. The lowest BCUT2D eigenvalue weighted by molar-refractivity contribution is 0.0764. The predicted molar refractivity (Wildman–Crippen MR) is 124 cm³/mol. The van der Waals surface area contributed by atoms with Gasteiger partial charge in [0.1, 0.15) is 6.61 Å². The predicted octanol–water partition coefficient (Wildman–Crippen LogP) is 2.10. The summed E-state index contributed by atoms with van der Waals surface area (Å²) in [5, 5.41) is 26.7. The van der Waals surface area contributed by atoms with E-state index in [0.29, 0.717) is 36.8 Å². The molecule has 0 fully saturated rings. The maximum atomic E-state index is 13.3. The van der Waals surface area contributed by atoms with Crippen molar-refractivity contribution in [2.24, 2.45) is 7.05 Å². The number of aromatic amines is 1. The first-order valence-corrected chi connectivity index (χ1v) is 10.7. The molecule has 10 heteroatoms. The highest BCUT2D eigenvalue weighted by molar-refractivity contribution is 5.98. The number of aliphatic hydroxyl groups is 1. The summed E-state index contributed by atoms with van der Waals surface area (Å²) in [6.45, 7) is 2.82. The number of fused-ring (bicyclic) bond motifs is 4. The Bertz CT molecular complexity index is 1380. The molecule has 0 aliphatic carbocycles. The summed E-state index contributed by atoms with van der Waals surface area (Å²) in [6, 6.07) is 6.01. The Morgan fingerprint density at radius 2 is 2.09 bits per heavy atom. The van der Waals surface area contributed by atoms with Crippen molar-refractivity contribution in [3.63, 3.8) is 0 Å². The summed E-state index contributed by atoms with van der Waals surface area (Å²) in [5.74, 6) is 0.419. The van der Waals surface area contributed by atoms with Crippen LogP contribution in [0.4, 0.5) is 0 Å². The van der Waals surface area contributed by atoms with Crippen LogP contribution in [0, 0.1) is 6.92 Å². The number of rotatable bonds is 2. The Balaban J connectivity index is 1.69. The number of benzene rings is 1. The number of likely N-dealkylation sites (N-methyl/N-ethyl adjacent to an activating group) is 1. The zero-order valence-electron chi connectivity index (χ0n) is 18.7. The van der Waals surface area contributed by atoms with E-state index in [1.165, 1.54) is 0 Å². The van der Waals surface area contributed by atoms with Crippen molar-refractivity contribution in [3.05, 3.63) is 47.0 Å². The monoisotopic (exact) mass is 447 g/mol. The smallest absolute Gasteiger partial charge is 0.274 e. The number of nitrogens with one attached hydrogen (secondary N) is 1. The normalized spacial score (nSPS) is 14.2. The van der Waals surface area contributed by atoms with Crippen LogP contribution < -0.4 is 4.74 Å². The third kappa shape index (κ3) is 3.58. The molecule has 0 radical (unpaired) electrons. The lowest BCUT2D eigenvalue weighted by Crippen LogP contribution is -2.32. The molecule has 170 valence electrons. The number of carbonyl (C=O) groups is 1. The summed E-state index contributed by atoms with van der Waals surface area (Å²) in [5.41, 5.74) is 5.34. The van der Waals surface area contributed by atoms with E-state index in [1.54, 1.807) is 27.5 Å². The number of carbonyl (C=O) groups excluding carboxylic acids is 1. The summed E-state index contributed by atoms with van der Waals surface area (Å²) in [7, 11) is 3.55. The molecule has 2 N–H and O–H groups in total. The number of aliphatic hydroxyl groups excluding tert-OH is 1. The van der Waals surface area contributed by atoms with Gasteiger partial charge in [0.25, 0.3) is 5.91 Å². The molecular formula is C23H25N7O3. The fraction of sp³-hybridized carbons (Fsp3) is 0.304. The van der Waals surface area contributed by atoms with E-state index in [4.69, 9.17) is 4.74 Å². The molecule has 4 aromatic rings. The minimum Gasteiger partial charge on any atom is -0.476 e. The van der Waals surface area contributed by atoms with Gasteiger partial charge in [-0.05, 0) is 36.8 Å². The fourth-order valence-electron chi connectivity index (χ4n) is 4.08. The fourth-order valence-corrected chi connectivity index (χ4v) is 4.08. The van der Waals surface area contributed by atoms with Crippen molar-refractivity contribution in [1.29, 1.82) is 0 Å². The van der Waals surface area contributed by atoms with E-state index >= 15 is 0 Å². The van der Waals surface area contributed by atoms with E-state index in [2.05, 4.69) is 26.5 Å². The molecular weight excluding hydrogens is 422 g/mol. The molecule has 3 aromatic heterocycles. The summed E-state index contributed by atoms with van der Waals surface area (Å²) >= 11 is 0. The molecule has 1 aromatic carbocycles. The van der Waals surface area contributed by atoms with Gasteiger partial charge >= 0.3 is 0 Å². The Morgan fingerprint density at radius 3 is 2.91 bits per heavy atom. The second-order valence-electron chi connectivity index (χ2n) is 8.06. The van der Waals surface area contributed by atoms with Gasteiger partial charge in [0, 0.05) is 30.7 Å². The van der Waals surface area contributed by atoms with Crippen molar-refractivity contribution in [1.82, 2.24) is 34.7 Å². The number of H-pyrrole nitrogens is 1. The van der Waals surface area contributed by atoms with Gasteiger partial charge in [0.2, 0.25) is 5.88 Å². The Morgan fingerprint density at radius 1 is 1.24 bits per heavy atom. The number of amides is 1. The van der Waals surface area contributed by atoms with Gasteiger partial charge in [-0.25, -0.2) is 4.68 Å². The van der Waals surface area contributed by atoms with Crippen molar-refractivity contribution in [3.8, 4) is 17.0 Å². The largest absolute Gasteiger partial charge is 0.476 e. The van der Waals surface area contributed by atoms with Crippen molar-refractivity contribution in [2.75, 3.05) is 26.8 Å². The van der Waals surface area contributed by atoms with Crippen LogP contribution >= 0.6 is 0 Å². The molecule has 10 nitrogen and oxygen atoms in total. The molecule has 5 rings (SSSR count). The van der Waals surface area contributed by atoms with Crippen LogP contribution in [0.25, 0.3) is 34.2 Å². The van der Waals surface area contributed by atoms with E-state index in [1.807, 2.05) is 38.3 Å². The van der Waals surface area contributed by atoms with Crippen LogP contribution in [0.15, 0.2) is 24.4 Å². The standard InChI is InChI=1S/C23H25N7O3/c1-14-16-5-7-20-17-12-15(4-6-19(17)25-26-20)18-13-24-29(3)23(18)33-11-9-28(2)22(32)21(16)27-30(14)8-10-31/h4-7,12-13,31H,8-11H2,1-3H3,(H,25,26). The SMILES string of the molecule is Cc1c2c(nn1CCO)C(=O)N(C)CCOc1c(cnn1C)-c1ccc3n[nH]c(c3c1)C=C2. The Kier molecular flexibility index (Phi) is 5.21. The number of hydrogen-bond acceptors (Lipinski definition) is 6. The minimum atomic E-state index is -0.214. The highest BCUT2D eigenvalue weighted by Gasteiger charge is 2.23. The summed E-state index contributed by atoms with van der Waals surface area (Å²) < 4.78 is 9.41. The van der Waals surface area contributed by atoms with Crippen LogP contribution in [0.5, 0.6) is 5.88 Å². The number of hydrogen-bond donors (Lipinski definition) is 2. The molecule has 0 spiro atoms. The zero-order valence-corrected chi connectivity index (χ0v) is 18.7. The molecule has 1 aliphatic heterocycles. The third-order valence-corrected chi connectivity index (χ3v) is 5.97. The lowest BCUT2D eigenvalue weighted by Gasteiger charge is -2.17. The maximum Gasteiger partial charge on any atom is 0.274 e. The van der Waals surface area contributed by atoms with E-state index < -0.39 is 0 Å². The molecule has 0 saturated heterocycles. The van der Waals surface area contributed by atoms with Crippen LogP contribution in [0.3, 0.4) is 0 Å². The van der Waals surface area contributed by atoms with E-state index in [0.717, 1.165) is 33.4 Å². The molecule has 1 amide bonds. The number of aryl methyl sites for hydroxylation is 1. The Labute approximate surface area is 190 Å². The lowest BCUT2D eigenvalue weighted by atomic mass is 10.0. The highest BCUT2D eigenvalue weighted by Crippen LogP contribution is 2.33. The van der Waals surface area contributed by atoms with Gasteiger partial charge in [0.05, 0.1) is 42.7 Å². The topological polar surface area (TPSA) is 114 Å². The van der Waals surface area contributed by atoms with E-state index in [9.17, 15) is 9.90 Å². The average molecular weight is 447 g/mol. The second-order valence-corrected chi connectivity index (χ2v) is 8.06. The quantitative estimate of drug-likeness (QED) is 0.486. The zero-order chi connectivity index (χ0) is 23.1. The molecule has 2 bridgehead atoms. The first-order chi connectivity index (χ1) is 16.0. The third-order valence-electron chi connectivity index (χ3n) is 5.97. The molecule has 1 aliphatic rings. The molecule has 33 heavy (non-hydrogen) atoms. The molecule has 0 atom stereocenters. The number of nitrogens with zero attached hydrogens (tertiary/aromatic N) is 6. The molecule has 0 saturated carbocycles. The minimum absolute atomic E-state index is 0.0655. The van der Waals surface area contributed by atoms with Gasteiger partial charge in [-0.1, -0.05) is 6.07 Å². The van der Waals surface area contributed by atoms with Gasteiger partial charge in [-0.2, -0.15) is 15.3 Å². The van der Waals surface area contributed by atoms with Gasteiger partial charge < -0.3 is 14.7 Å². The van der Waals surface area contributed by atoms with Gasteiger partial charge in [-0.15, -0.1) is 0 Å². The van der Waals surface area contributed by atoms with Gasteiger partial charge in [-0.3, -0.25) is 14.6 Å². The molecule has 4 heterocycles. The number of aromatic nitrogens is 6. The van der Waals surface area contributed by atoms with Crippen LogP contribution in [0.2, 0.25) is 0 Å². The maximum absolute atomic E-state index is 13.3. The summed E-state index contributed by atoms with van der Waals surface area (Å²) in [6.07, 6.45) is 5.56.